The lowest BCUT2D eigenvalue weighted by Crippen LogP contribution is -2.27. The molecule has 0 aliphatic rings. The highest BCUT2D eigenvalue weighted by molar-refractivity contribution is 7.89. The predicted octanol–water partition coefficient (Wildman–Crippen LogP) is 4.14. The highest BCUT2D eigenvalue weighted by Gasteiger charge is 2.27. The Morgan fingerprint density at radius 3 is 2.08 bits per heavy atom. The van der Waals surface area contributed by atoms with Gasteiger partial charge in [-0.15, -0.1) is 0 Å². The van der Waals surface area contributed by atoms with Crippen LogP contribution >= 0.6 is 23.2 Å². The van der Waals surface area contributed by atoms with Crippen LogP contribution in [0.4, 0.5) is 0 Å². The van der Waals surface area contributed by atoms with Gasteiger partial charge in [0.15, 0.2) is 11.5 Å². The molecule has 0 aromatic heterocycles. The van der Waals surface area contributed by atoms with Crippen LogP contribution in [0.15, 0.2) is 35.2 Å². The fraction of sp³-hybridized carbons (Fsp3) is 0.294. The van der Waals surface area contributed by atoms with Crippen LogP contribution in [0.5, 0.6) is 11.5 Å². The molecule has 0 unspecified atom stereocenters. The lowest BCUT2D eigenvalue weighted by atomic mass is 10.1. The molecular weight excluding hydrogens is 385 g/mol. The Hall–Kier alpha value is -1.47. The van der Waals surface area contributed by atoms with E-state index in [1.54, 1.807) is 25.3 Å². The van der Waals surface area contributed by atoms with Crippen LogP contribution in [0.1, 0.15) is 11.1 Å². The van der Waals surface area contributed by atoms with Crippen LogP contribution < -0.4 is 9.47 Å². The van der Waals surface area contributed by atoms with E-state index in [-0.39, 0.29) is 21.5 Å². The molecule has 0 N–H and O–H groups in total. The third-order valence-electron chi connectivity index (χ3n) is 3.82. The highest BCUT2D eigenvalue weighted by Crippen LogP contribution is 2.34. The Kier molecular flexibility index (Phi) is 6.21. The standard InChI is InChI=1S/C17H19Cl2NO4S/c1-11-8-15(23-3)16(24-4)9-12(11)10-20(2)25(21,22)17-13(18)6-5-7-14(17)19/h5-9H,10H2,1-4H3. The minimum Gasteiger partial charge on any atom is -0.493 e. The molecule has 0 heterocycles. The Balaban J connectivity index is 2.41. The summed E-state index contributed by atoms with van der Waals surface area (Å²) in [6, 6.07) is 8.15. The van der Waals surface area contributed by atoms with Crippen LogP contribution in [0, 0.1) is 6.92 Å². The van der Waals surface area contributed by atoms with Crippen LogP contribution in [0.3, 0.4) is 0 Å². The zero-order valence-electron chi connectivity index (χ0n) is 14.3. The van der Waals surface area contributed by atoms with Crippen molar-refractivity contribution in [1.29, 1.82) is 0 Å². The smallest absolute Gasteiger partial charge is 0.246 e. The normalized spacial score (nSPS) is 11.6. The first-order valence-electron chi connectivity index (χ1n) is 7.34. The molecule has 25 heavy (non-hydrogen) atoms. The zero-order valence-corrected chi connectivity index (χ0v) is 16.7. The Labute approximate surface area is 158 Å². The third kappa shape index (κ3) is 4.03. The lowest BCUT2D eigenvalue weighted by molar-refractivity contribution is 0.353. The number of hydrogen-bond donors (Lipinski definition) is 0. The summed E-state index contributed by atoms with van der Waals surface area (Å²) >= 11 is 12.1. The number of benzene rings is 2. The number of ether oxygens (including phenoxy) is 2. The van der Waals surface area contributed by atoms with Gasteiger partial charge in [-0.25, -0.2) is 8.42 Å². The Morgan fingerprint density at radius 2 is 1.56 bits per heavy atom. The first-order chi connectivity index (χ1) is 11.7. The quantitative estimate of drug-likeness (QED) is 0.726. The highest BCUT2D eigenvalue weighted by atomic mass is 35.5. The van der Waals surface area contributed by atoms with Gasteiger partial charge in [0.05, 0.1) is 24.3 Å². The summed E-state index contributed by atoms with van der Waals surface area (Å²) in [7, 11) is 0.701. The van der Waals surface area contributed by atoms with E-state index >= 15 is 0 Å². The van der Waals surface area contributed by atoms with Crippen LogP contribution in [0.25, 0.3) is 0 Å². The maximum Gasteiger partial charge on any atom is 0.246 e. The van der Waals surface area contributed by atoms with Crippen molar-refractivity contribution in [3.05, 3.63) is 51.5 Å². The molecule has 0 aliphatic carbocycles. The molecule has 2 rings (SSSR count). The van der Waals surface area contributed by atoms with Gasteiger partial charge in [-0.1, -0.05) is 29.3 Å². The fourth-order valence-corrected chi connectivity index (χ4v) is 4.63. The summed E-state index contributed by atoms with van der Waals surface area (Å²) in [6.07, 6.45) is 0. The third-order valence-corrected chi connectivity index (χ3v) is 6.58. The predicted molar refractivity (Wildman–Crippen MR) is 99.4 cm³/mol. The summed E-state index contributed by atoms with van der Waals surface area (Å²) in [4.78, 5) is -0.0982. The molecular formula is C17H19Cl2NO4S. The molecule has 5 nitrogen and oxygen atoms in total. The van der Waals surface area contributed by atoms with Crippen molar-refractivity contribution in [2.75, 3.05) is 21.3 Å². The van der Waals surface area contributed by atoms with Gasteiger partial charge in [-0.2, -0.15) is 4.31 Å². The summed E-state index contributed by atoms with van der Waals surface area (Å²) in [6.45, 7) is 2.01. The van der Waals surface area contributed by atoms with Crippen molar-refractivity contribution in [3.8, 4) is 11.5 Å². The van der Waals surface area contributed by atoms with Crippen LogP contribution in [-0.2, 0) is 16.6 Å². The molecule has 2 aromatic rings. The molecule has 0 aliphatic heterocycles. The van der Waals surface area contributed by atoms with Gasteiger partial charge in [0.2, 0.25) is 10.0 Å². The first-order valence-corrected chi connectivity index (χ1v) is 9.53. The van der Waals surface area contributed by atoms with E-state index in [4.69, 9.17) is 32.7 Å². The maximum absolute atomic E-state index is 12.9. The van der Waals surface area contributed by atoms with E-state index in [9.17, 15) is 8.42 Å². The number of sulfonamides is 1. The van der Waals surface area contributed by atoms with Crippen molar-refractivity contribution >= 4 is 33.2 Å². The second kappa shape index (κ2) is 7.83. The molecule has 0 atom stereocenters. The Morgan fingerprint density at radius 1 is 1.04 bits per heavy atom. The second-order valence-corrected chi connectivity index (χ2v) is 8.24. The molecule has 0 amide bonds. The molecule has 2 aromatic carbocycles. The van der Waals surface area contributed by atoms with Crippen LogP contribution in [0.2, 0.25) is 10.0 Å². The van der Waals surface area contributed by atoms with E-state index in [1.807, 2.05) is 6.92 Å². The van der Waals surface area contributed by atoms with Gasteiger partial charge < -0.3 is 9.47 Å². The maximum atomic E-state index is 12.9. The minimum absolute atomic E-state index is 0.0865. The number of nitrogens with zero attached hydrogens (tertiary/aromatic N) is 1. The lowest BCUT2D eigenvalue weighted by Gasteiger charge is -2.21. The van der Waals surface area contributed by atoms with Gasteiger partial charge in [0, 0.05) is 13.6 Å². The molecule has 8 heteroatoms. The van der Waals surface area contributed by atoms with E-state index in [2.05, 4.69) is 0 Å². The van der Waals surface area contributed by atoms with E-state index in [0.717, 1.165) is 11.1 Å². The summed E-state index contributed by atoms with van der Waals surface area (Å²) in [5.74, 6) is 1.12. The second-order valence-electron chi connectivity index (χ2n) is 5.45. The van der Waals surface area contributed by atoms with E-state index in [1.165, 1.54) is 30.6 Å². The van der Waals surface area contributed by atoms with Gasteiger partial charge >= 0.3 is 0 Å². The topological polar surface area (TPSA) is 55.8 Å². The summed E-state index contributed by atoms with van der Waals surface area (Å²) < 4.78 is 37.5. The molecule has 0 saturated heterocycles. The number of rotatable bonds is 6. The van der Waals surface area contributed by atoms with E-state index < -0.39 is 10.0 Å². The van der Waals surface area contributed by atoms with Crippen molar-refractivity contribution < 1.29 is 17.9 Å². The minimum atomic E-state index is -3.85. The number of aryl methyl sites for hydroxylation is 1. The van der Waals surface area contributed by atoms with Crippen molar-refractivity contribution in [1.82, 2.24) is 4.31 Å². The number of halogens is 2. The SMILES string of the molecule is COc1cc(C)c(CN(C)S(=O)(=O)c2c(Cl)cccc2Cl)cc1OC. The van der Waals surface area contributed by atoms with Crippen molar-refractivity contribution in [2.24, 2.45) is 0 Å². The summed E-state index contributed by atoms with van der Waals surface area (Å²) in [5.41, 5.74) is 1.66. The van der Waals surface area contributed by atoms with E-state index in [0.29, 0.717) is 11.5 Å². The molecule has 136 valence electrons. The zero-order chi connectivity index (χ0) is 18.8. The number of hydrogen-bond acceptors (Lipinski definition) is 4. The molecule has 0 radical (unpaired) electrons. The average Bonchev–Trinajstić information content (AvgIpc) is 2.55. The van der Waals surface area contributed by atoms with Crippen LogP contribution in [-0.4, -0.2) is 34.0 Å². The van der Waals surface area contributed by atoms with Gasteiger partial charge in [0.1, 0.15) is 4.90 Å². The van der Waals surface area contributed by atoms with Crippen molar-refractivity contribution in [2.45, 2.75) is 18.4 Å². The van der Waals surface area contributed by atoms with Gasteiger partial charge in [-0.05, 0) is 42.3 Å². The largest absolute Gasteiger partial charge is 0.493 e. The first kappa shape index (κ1) is 19.8. The van der Waals surface area contributed by atoms with Gasteiger partial charge in [0.25, 0.3) is 0 Å². The molecule has 0 fully saturated rings. The van der Waals surface area contributed by atoms with Gasteiger partial charge in [-0.3, -0.25) is 0 Å². The molecule has 0 saturated carbocycles. The summed E-state index contributed by atoms with van der Waals surface area (Å²) in [5, 5.41) is 0.173. The monoisotopic (exact) mass is 403 g/mol. The fourth-order valence-electron chi connectivity index (χ4n) is 2.40. The molecule has 0 spiro atoms. The Bertz CT molecular complexity index is 864. The number of methoxy groups -OCH3 is 2. The van der Waals surface area contributed by atoms with Crippen molar-refractivity contribution in [3.63, 3.8) is 0 Å². The average molecular weight is 404 g/mol. The molecule has 0 bridgehead atoms.